The van der Waals surface area contributed by atoms with E-state index in [4.69, 9.17) is 0 Å². The Bertz CT molecular complexity index is 870. The van der Waals surface area contributed by atoms with E-state index in [-0.39, 0.29) is 5.56 Å². The van der Waals surface area contributed by atoms with Gasteiger partial charge in [-0.05, 0) is 11.6 Å². The van der Waals surface area contributed by atoms with E-state index in [1.165, 1.54) is 0 Å². The maximum Gasteiger partial charge on any atom is 0.262 e. The van der Waals surface area contributed by atoms with Crippen LogP contribution in [0.5, 0.6) is 0 Å². The molecule has 106 valence electrons. The van der Waals surface area contributed by atoms with E-state index in [2.05, 4.69) is 29.7 Å². The lowest BCUT2D eigenvalue weighted by Crippen LogP contribution is -2.21. The summed E-state index contributed by atoms with van der Waals surface area (Å²) < 4.78 is 1.79. The Morgan fingerprint density at radius 2 is 2.14 bits per heavy atom. The molecule has 0 spiro atoms. The van der Waals surface area contributed by atoms with Crippen molar-refractivity contribution in [3.05, 3.63) is 46.8 Å². The summed E-state index contributed by atoms with van der Waals surface area (Å²) in [7, 11) is 0. The van der Waals surface area contributed by atoms with Crippen molar-refractivity contribution in [2.45, 2.75) is 17.0 Å². The molecule has 0 saturated heterocycles. The predicted octanol–water partition coefficient (Wildman–Crippen LogP) is 3.53. The van der Waals surface area contributed by atoms with Crippen molar-refractivity contribution in [1.29, 1.82) is 0 Å². The van der Waals surface area contributed by atoms with Gasteiger partial charge in [-0.15, -0.1) is 11.3 Å². The molecule has 2 aromatic heterocycles. The Morgan fingerprint density at radius 3 is 2.90 bits per heavy atom. The molecule has 1 unspecified atom stereocenters. The molecule has 1 aliphatic rings. The van der Waals surface area contributed by atoms with E-state index in [0.717, 1.165) is 31.6 Å². The number of thioether (sulfide) groups is 1. The van der Waals surface area contributed by atoms with E-state index in [0.29, 0.717) is 11.8 Å². The second-order valence-corrected chi connectivity index (χ2v) is 7.59. The summed E-state index contributed by atoms with van der Waals surface area (Å²) in [6, 6.07) is 12.1. The summed E-state index contributed by atoms with van der Waals surface area (Å²) in [5.74, 6) is 0.760. The third-order valence-corrected chi connectivity index (χ3v) is 6.47. The van der Waals surface area contributed by atoms with Crippen molar-refractivity contribution in [2.24, 2.45) is 0 Å². The first-order chi connectivity index (χ1) is 10.3. The fourth-order valence-corrected chi connectivity index (χ4v) is 4.93. The van der Waals surface area contributed by atoms with Crippen LogP contribution in [-0.4, -0.2) is 20.6 Å². The van der Waals surface area contributed by atoms with Crippen LogP contribution >= 0.6 is 35.7 Å². The number of thiophene rings is 1. The van der Waals surface area contributed by atoms with E-state index in [1.807, 2.05) is 24.3 Å². The smallest absolute Gasteiger partial charge is 0.262 e. The summed E-state index contributed by atoms with van der Waals surface area (Å²) in [4.78, 5) is 19.2. The first-order valence-corrected chi connectivity index (χ1v) is 8.96. The number of rotatable bonds is 2. The normalized spacial score (nSPS) is 17.3. The Labute approximate surface area is 135 Å². The van der Waals surface area contributed by atoms with Crippen LogP contribution in [0.25, 0.3) is 20.7 Å². The quantitative estimate of drug-likeness (QED) is 0.576. The van der Waals surface area contributed by atoms with Crippen LogP contribution in [0, 0.1) is 0 Å². The summed E-state index contributed by atoms with van der Waals surface area (Å²) in [6.07, 6.45) is 0. The lowest BCUT2D eigenvalue weighted by atomic mass is 10.2. The molecule has 0 bridgehead atoms. The fourth-order valence-electron chi connectivity index (χ4n) is 2.48. The highest BCUT2D eigenvalue weighted by molar-refractivity contribution is 8.00. The molecule has 3 aromatic rings. The van der Waals surface area contributed by atoms with Crippen LogP contribution in [0.4, 0.5) is 0 Å². The van der Waals surface area contributed by atoms with Crippen molar-refractivity contribution in [2.75, 3.05) is 5.75 Å². The third-order valence-electron chi connectivity index (χ3n) is 3.54. The molecule has 0 amide bonds. The van der Waals surface area contributed by atoms with E-state index in [9.17, 15) is 4.79 Å². The third kappa shape index (κ3) is 2.22. The maximum atomic E-state index is 12.6. The number of aromatic nitrogens is 2. The molecule has 0 N–H and O–H groups in total. The van der Waals surface area contributed by atoms with Crippen molar-refractivity contribution < 1.29 is 0 Å². The highest BCUT2D eigenvalue weighted by atomic mass is 32.2. The summed E-state index contributed by atoms with van der Waals surface area (Å²) >= 11 is 7.56. The number of hydrogen-bond acceptors (Lipinski definition) is 5. The zero-order chi connectivity index (χ0) is 14.4. The van der Waals surface area contributed by atoms with E-state index >= 15 is 0 Å². The largest absolute Gasteiger partial charge is 0.286 e. The maximum absolute atomic E-state index is 12.6. The Balaban J connectivity index is 1.88. The highest BCUT2D eigenvalue weighted by Gasteiger charge is 2.25. The van der Waals surface area contributed by atoms with Crippen LogP contribution in [0.15, 0.2) is 46.3 Å². The van der Waals surface area contributed by atoms with Crippen LogP contribution in [0.2, 0.25) is 0 Å². The second-order valence-electron chi connectivity index (χ2n) is 4.93. The Kier molecular flexibility index (Phi) is 3.32. The van der Waals surface area contributed by atoms with Gasteiger partial charge in [0.05, 0.1) is 5.39 Å². The lowest BCUT2D eigenvalue weighted by molar-refractivity contribution is 0.632. The number of benzene rings is 1. The van der Waals surface area contributed by atoms with Gasteiger partial charge in [-0.2, -0.15) is 12.6 Å². The average Bonchev–Trinajstić information content (AvgIpc) is 3.12. The van der Waals surface area contributed by atoms with E-state index in [1.54, 1.807) is 27.7 Å². The van der Waals surface area contributed by atoms with E-state index < -0.39 is 0 Å². The SMILES string of the molecule is O=c1c2cc(-c3ccccc3)sc2nc2n1CC(CS)S2. The zero-order valence-electron chi connectivity index (χ0n) is 11.0. The molecule has 4 rings (SSSR count). The monoisotopic (exact) mass is 332 g/mol. The summed E-state index contributed by atoms with van der Waals surface area (Å²) in [6.45, 7) is 0.710. The molecule has 3 heterocycles. The van der Waals surface area contributed by atoms with Crippen LogP contribution < -0.4 is 5.56 Å². The number of hydrogen-bond donors (Lipinski definition) is 1. The predicted molar refractivity (Wildman–Crippen MR) is 92.8 cm³/mol. The zero-order valence-corrected chi connectivity index (χ0v) is 13.5. The molecule has 1 aromatic carbocycles. The molecule has 1 aliphatic heterocycles. The standard InChI is InChI=1S/C15H12N2OS3/c18-14-11-6-12(9-4-2-1-3-5-9)21-13(11)16-15-17(14)7-10(8-19)20-15/h1-6,10,19H,7-8H2. The highest BCUT2D eigenvalue weighted by Crippen LogP contribution is 2.35. The second kappa shape index (κ2) is 5.19. The fraction of sp³-hybridized carbons (Fsp3) is 0.200. The molecular weight excluding hydrogens is 320 g/mol. The molecular formula is C15H12N2OS3. The van der Waals surface area contributed by atoms with Gasteiger partial charge in [0.25, 0.3) is 5.56 Å². The van der Waals surface area contributed by atoms with Crippen LogP contribution in [-0.2, 0) is 6.54 Å². The molecule has 0 saturated carbocycles. The van der Waals surface area contributed by atoms with Gasteiger partial charge in [0.2, 0.25) is 0 Å². The first-order valence-electron chi connectivity index (χ1n) is 6.63. The Morgan fingerprint density at radius 1 is 1.33 bits per heavy atom. The van der Waals surface area contributed by atoms with Gasteiger partial charge in [-0.3, -0.25) is 9.36 Å². The lowest BCUT2D eigenvalue weighted by Gasteiger charge is -2.00. The average molecular weight is 332 g/mol. The van der Waals surface area contributed by atoms with Gasteiger partial charge in [-0.25, -0.2) is 4.98 Å². The molecule has 0 aliphatic carbocycles. The van der Waals surface area contributed by atoms with Crippen molar-refractivity contribution in [1.82, 2.24) is 9.55 Å². The number of nitrogens with zero attached hydrogens (tertiary/aromatic N) is 2. The molecule has 6 heteroatoms. The van der Waals surface area contributed by atoms with Crippen molar-refractivity contribution in [3.8, 4) is 10.4 Å². The molecule has 0 fully saturated rings. The van der Waals surface area contributed by atoms with Gasteiger partial charge in [-0.1, -0.05) is 42.1 Å². The summed E-state index contributed by atoms with van der Waals surface area (Å²) in [5.41, 5.74) is 1.20. The van der Waals surface area contributed by atoms with Gasteiger partial charge in [0.1, 0.15) is 4.83 Å². The van der Waals surface area contributed by atoms with Crippen LogP contribution in [0.1, 0.15) is 0 Å². The molecule has 21 heavy (non-hydrogen) atoms. The number of fused-ring (bicyclic) bond motifs is 2. The Hall–Kier alpha value is -1.24. The molecule has 0 radical (unpaired) electrons. The topological polar surface area (TPSA) is 34.9 Å². The molecule has 1 atom stereocenters. The van der Waals surface area contributed by atoms with Gasteiger partial charge >= 0.3 is 0 Å². The van der Waals surface area contributed by atoms with Gasteiger partial charge < -0.3 is 0 Å². The summed E-state index contributed by atoms with van der Waals surface area (Å²) in [5, 5.41) is 1.90. The van der Waals surface area contributed by atoms with Crippen molar-refractivity contribution in [3.63, 3.8) is 0 Å². The molecule has 3 nitrogen and oxygen atoms in total. The number of thiol groups is 1. The minimum Gasteiger partial charge on any atom is -0.286 e. The minimum atomic E-state index is 0.0743. The van der Waals surface area contributed by atoms with Crippen molar-refractivity contribution >= 4 is 45.9 Å². The minimum absolute atomic E-state index is 0.0743. The first kappa shape index (κ1) is 13.4. The van der Waals surface area contributed by atoms with Gasteiger partial charge in [0, 0.05) is 22.4 Å². The van der Waals surface area contributed by atoms with Crippen LogP contribution in [0.3, 0.4) is 0 Å². The van der Waals surface area contributed by atoms with Gasteiger partial charge in [0.15, 0.2) is 5.16 Å².